The maximum Gasteiger partial charge on any atom is 0.260 e. The number of amides is 1. The van der Waals surface area contributed by atoms with Gasteiger partial charge in [0.25, 0.3) is 5.91 Å². The Morgan fingerprint density at radius 1 is 1.08 bits per heavy atom. The van der Waals surface area contributed by atoms with Gasteiger partial charge in [0.05, 0.1) is 6.54 Å². The zero-order valence-corrected chi connectivity index (χ0v) is 15.6. The van der Waals surface area contributed by atoms with Crippen LogP contribution in [0.3, 0.4) is 0 Å². The summed E-state index contributed by atoms with van der Waals surface area (Å²) in [7, 11) is 0. The number of hydrogen-bond donors (Lipinski definition) is 1. The minimum atomic E-state index is -0.526. The van der Waals surface area contributed by atoms with Crippen LogP contribution in [-0.2, 0) is 17.6 Å². The van der Waals surface area contributed by atoms with Crippen molar-refractivity contribution in [3.05, 3.63) is 59.2 Å². The number of ether oxygens (including phenoxy) is 2. The fraction of sp³-hybridized carbons (Fsp3) is 0.409. The van der Waals surface area contributed by atoms with Gasteiger partial charge >= 0.3 is 0 Å². The minimum absolute atomic E-state index is 0.119. The maximum absolute atomic E-state index is 12.3. The lowest BCUT2D eigenvalue weighted by Crippen LogP contribution is -2.38. The van der Waals surface area contributed by atoms with Gasteiger partial charge in [-0.3, -0.25) is 4.79 Å². The number of benzene rings is 2. The highest BCUT2D eigenvalue weighted by Gasteiger charge is 2.19. The second-order valence-corrected chi connectivity index (χ2v) is 6.77. The quantitative estimate of drug-likeness (QED) is 0.770. The average molecular weight is 353 g/mol. The predicted molar refractivity (Wildman–Crippen MR) is 103 cm³/mol. The minimum Gasteiger partial charge on any atom is -0.491 e. The molecule has 1 N–H and O–H groups in total. The summed E-state index contributed by atoms with van der Waals surface area (Å²) >= 11 is 0. The summed E-state index contributed by atoms with van der Waals surface area (Å²) in [6.45, 7) is 4.68. The molecule has 0 aliphatic heterocycles. The van der Waals surface area contributed by atoms with Crippen molar-refractivity contribution >= 4 is 5.91 Å². The van der Waals surface area contributed by atoms with Crippen LogP contribution in [0, 0.1) is 6.92 Å². The van der Waals surface area contributed by atoms with Gasteiger partial charge < -0.3 is 14.8 Å². The molecule has 4 nitrogen and oxygen atoms in total. The van der Waals surface area contributed by atoms with Crippen LogP contribution in [0.2, 0.25) is 0 Å². The lowest BCUT2D eigenvalue weighted by atomic mass is 9.91. The maximum atomic E-state index is 12.3. The number of carbonyl (C=O) groups excluding carboxylic acids is 1. The van der Waals surface area contributed by atoms with Gasteiger partial charge in [-0.25, -0.2) is 0 Å². The molecular weight excluding hydrogens is 326 g/mol. The summed E-state index contributed by atoms with van der Waals surface area (Å²) in [5.74, 6) is 1.58. The van der Waals surface area contributed by atoms with Crippen molar-refractivity contribution in [1.29, 1.82) is 0 Å². The SMILES string of the molecule is Cc1ccccc1OCCNC(=O)C(C)Oc1cccc2c1CCCC2. The zero-order valence-electron chi connectivity index (χ0n) is 15.6. The summed E-state index contributed by atoms with van der Waals surface area (Å²) in [6.07, 6.45) is 4.02. The third-order valence-electron chi connectivity index (χ3n) is 4.78. The van der Waals surface area contributed by atoms with Crippen molar-refractivity contribution in [3.8, 4) is 11.5 Å². The van der Waals surface area contributed by atoms with E-state index >= 15 is 0 Å². The van der Waals surface area contributed by atoms with Gasteiger partial charge in [0.2, 0.25) is 0 Å². The van der Waals surface area contributed by atoms with Gasteiger partial charge in [0, 0.05) is 0 Å². The molecule has 3 rings (SSSR count). The standard InChI is InChI=1S/C22H27NO3/c1-16-8-3-6-12-20(16)25-15-14-23-22(24)17(2)26-21-13-7-10-18-9-4-5-11-19(18)21/h3,6-8,10,12-13,17H,4-5,9,11,14-15H2,1-2H3,(H,23,24). The molecule has 0 saturated carbocycles. The molecule has 0 aromatic heterocycles. The van der Waals surface area contributed by atoms with Gasteiger partial charge in [0.1, 0.15) is 18.1 Å². The van der Waals surface area contributed by atoms with E-state index in [-0.39, 0.29) is 5.91 Å². The third-order valence-corrected chi connectivity index (χ3v) is 4.78. The third kappa shape index (κ3) is 4.57. The van der Waals surface area contributed by atoms with Crippen LogP contribution < -0.4 is 14.8 Å². The molecule has 138 valence electrons. The second kappa shape index (κ2) is 8.75. The topological polar surface area (TPSA) is 47.6 Å². The summed E-state index contributed by atoms with van der Waals surface area (Å²) in [6, 6.07) is 14.0. The Morgan fingerprint density at radius 3 is 2.69 bits per heavy atom. The predicted octanol–water partition coefficient (Wildman–Crippen LogP) is 3.84. The number of nitrogens with one attached hydrogen (secondary N) is 1. The second-order valence-electron chi connectivity index (χ2n) is 6.77. The van der Waals surface area contributed by atoms with Gasteiger partial charge in [-0.15, -0.1) is 0 Å². The van der Waals surface area contributed by atoms with Crippen LogP contribution >= 0.6 is 0 Å². The molecule has 1 atom stereocenters. The van der Waals surface area contributed by atoms with Gasteiger partial charge in [-0.2, -0.15) is 0 Å². The van der Waals surface area contributed by atoms with E-state index in [0.717, 1.165) is 29.9 Å². The van der Waals surface area contributed by atoms with Crippen molar-refractivity contribution in [1.82, 2.24) is 5.32 Å². The smallest absolute Gasteiger partial charge is 0.260 e. The molecule has 2 aromatic carbocycles. The number of rotatable bonds is 7. The summed E-state index contributed by atoms with van der Waals surface area (Å²) in [5, 5.41) is 2.88. The molecule has 0 bridgehead atoms. The molecule has 1 amide bonds. The Bertz CT molecular complexity index is 757. The van der Waals surface area contributed by atoms with Crippen molar-refractivity contribution in [3.63, 3.8) is 0 Å². The molecule has 0 heterocycles. The van der Waals surface area contributed by atoms with E-state index < -0.39 is 6.10 Å². The van der Waals surface area contributed by atoms with Crippen LogP contribution in [0.4, 0.5) is 0 Å². The Kier molecular flexibility index (Phi) is 6.16. The highest BCUT2D eigenvalue weighted by molar-refractivity contribution is 5.80. The molecule has 0 fully saturated rings. The molecule has 0 spiro atoms. The first-order valence-corrected chi connectivity index (χ1v) is 9.38. The molecule has 2 aromatic rings. The van der Waals surface area contributed by atoms with Gasteiger partial charge in [-0.05, 0) is 68.4 Å². The van der Waals surface area contributed by atoms with E-state index in [4.69, 9.17) is 9.47 Å². The Balaban J connectivity index is 1.47. The number of aryl methyl sites for hydroxylation is 2. The largest absolute Gasteiger partial charge is 0.491 e. The van der Waals surface area contributed by atoms with E-state index in [1.807, 2.05) is 43.3 Å². The average Bonchev–Trinajstić information content (AvgIpc) is 2.66. The Labute approximate surface area is 155 Å². The Hall–Kier alpha value is -2.49. The normalized spacial score (nSPS) is 14.2. The number of para-hydroxylation sites is 1. The van der Waals surface area contributed by atoms with Crippen LogP contribution in [-0.4, -0.2) is 25.2 Å². The van der Waals surface area contributed by atoms with E-state index in [0.29, 0.717) is 13.2 Å². The lowest BCUT2D eigenvalue weighted by Gasteiger charge is -2.22. The molecule has 0 radical (unpaired) electrons. The van der Waals surface area contributed by atoms with Crippen molar-refractivity contribution < 1.29 is 14.3 Å². The van der Waals surface area contributed by atoms with Crippen LogP contribution in [0.15, 0.2) is 42.5 Å². The number of hydrogen-bond acceptors (Lipinski definition) is 3. The monoisotopic (exact) mass is 353 g/mol. The van der Waals surface area contributed by atoms with Crippen LogP contribution in [0.5, 0.6) is 11.5 Å². The molecule has 1 aliphatic carbocycles. The first kappa shape index (κ1) is 18.3. The zero-order chi connectivity index (χ0) is 18.4. The molecule has 1 aliphatic rings. The fourth-order valence-electron chi connectivity index (χ4n) is 3.30. The van der Waals surface area contributed by atoms with Crippen molar-refractivity contribution in [2.75, 3.05) is 13.2 Å². The van der Waals surface area contributed by atoms with E-state index in [9.17, 15) is 4.79 Å². The van der Waals surface area contributed by atoms with Crippen LogP contribution in [0.25, 0.3) is 0 Å². The van der Waals surface area contributed by atoms with E-state index in [1.165, 1.54) is 24.0 Å². The van der Waals surface area contributed by atoms with E-state index in [2.05, 4.69) is 11.4 Å². The Morgan fingerprint density at radius 2 is 1.85 bits per heavy atom. The van der Waals surface area contributed by atoms with Gasteiger partial charge in [-0.1, -0.05) is 30.3 Å². The molecule has 1 unspecified atom stereocenters. The van der Waals surface area contributed by atoms with Gasteiger partial charge in [0.15, 0.2) is 6.10 Å². The molecule has 0 saturated heterocycles. The first-order valence-electron chi connectivity index (χ1n) is 9.38. The van der Waals surface area contributed by atoms with Crippen LogP contribution in [0.1, 0.15) is 36.5 Å². The van der Waals surface area contributed by atoms with Crippen molar-refractivity contribution in [2.45, 2.75) is 45.6 Å². The van der Waals surface area contributed by atoms with Crippen molar-refractivity contribution in [2.24, 2.45) is 0 Å². The first-order chi connectivity index (χ1) is 12.6. The molecular formula is C22H27NO3. The highest BCUT2D eigenvalue weighted by atomic mass is 16.5. The highest BCUT2D eigenvalue weighted by Crippen LogP contribution is 2.30. The summed E-state index contributed by atoms with van der Waals surface area (Å²) in [4.78, 5) is 12.3. The number of fused-ring (bicyclic) bond motifs is 1. The lowest BCUT2D eigenvalue weighted by molar-refractivity contribution is -0.127. The number of carbonyl (C=O) groups is 1. The molecule has 4 heteroatoms. The summed E-state index contributed by atoms with van der Waals surface area (Å²) in [5.41, 5.74) is 3.71. The van der Waals surface area contributed by atoms with E-state index in [1.54, 1.807) is 6.92 Å². The molecule has 26 heavy (non-hydrogen) atoms. The fourth-order valence-corrected chi connectivity index (χ4v) is 3.30. The summed E-state index contributed by atoms with van der Waals surface area (Å²) < 4.78 is 11.7.